The summed E-state index contributed by atoms with van der Waals surface area (Å²) in [6.45, 7) is 0. The Labute approximate surface area is 305 Å². The van der Waals surface area contributed by atoms with Crippen LogP contribution in [-0.4, -0.2) is 9.13 Å². The summed E-state index contributed by atoms with van der Waals surface area (Å²) >= 11 is 0. The van der Waals surface area contributed by atoms with E-state index >= 15 is 0 Å². The molecule has 0 saturated heterocycles. The van der Waals surface area contributed by atoms with Crippen LogP contribution in [0.2, 0.25) is 0 Å². The molecule has 0 amide bonds. The molecule has 0 saturated carbocycles. The summed E-state index contributed by atoms with van der Waals surface area (Å²) in [4.78, 5) is 0. The first-order chi connectivity index (χ1) is 26.3. The van der Waals surface area contributed by atoms with Crippen molar-refractivity contribution >= 4 is 65.2 Å². The number of para-hydroxylation sites is 2. The SMILES string of the molecule is c1ccc(-c2ccc3c(c2)c2ccccc2n3-c2ccc3c(c2)Oc2cc4c(c5cccc-3c25)c2ccccc2n4-c2ccc3ccccc3c2)cc1. The van der Waals surface area contributed by atoms with Crippen LogP contribution < -0.4 is 4.74 Å². The van der Waals surface area contributed by atoms with E-state index in [9.17, 15) is 0 Å². The number of aromatic nitrogens is 2. The summed E-state index contributed by atoms with van der Waals surface area (Å²) in [5, 5.41) is 9.78. The topological polar surface area (TPSA) is 19.1 Å². The molecule has 3 nitrogen and oxygen atoms in total. The molecule has 1 aliphatic heterocycles. The summed E-state index contributed by atoms with van der Waals surface area (Å²) in [6.07, 6.45) is 0. The second-order valence-electron chi connectivity index (χ2n) is 14.1. The molecule has 3 heteroatoms. The molecule has 0 fully saturated rings. The van der Waals surface area contributed by atoms with Crippen LogP contribution in [0.3, 0.4) is 0 Å². The predicted octanol–water partition coefficient (Wildman–Crippen LogP) is 13.6. The second-order valence-corrected chi connectivity index (χ2v) is 14.1. The largest absolute Gasteiger partial charge is 0.456 e. The van der Waals surface area contributed by atoms with E-state index in [0.29, 0.717) is 0 Å². The van der Waals surface area contributed by atoms with Gasteiger partial charge in [-0.2, -0.15) is 0 Å². The molecule has 0 bridgehead atoms. The minimum atomic E-state index is 0.863. The molecular weight excluding hydrogens is 645 g/mol. The van der Waals surface area contributed by atoms with Gasteiger partial charge in [0, 0.05) is 56.0 Å². The minimum Gasteiger partial charge on any atom is -0.456 e. The first-order valence-electron chi connectivity index (χ1n) is 18.2. The average molecular weight is 675 g/mol. The molecule has 12 rings (SSSR count). The van der Waals surface area contributed by atoms with Crippen molar-refractivity contribution in [2.75, 3.05) is 0 Å². The van der Waals surface area contributed by atoms with Crippen molar-refractivity contribution in [3.63, 3.8) is 0 Å². The zero-order valence-corrected chi connectivity index (χ0v) is 28.6. The third kappa shape index (κ3) is 4.05. The zero-order valence-electron chi connectivity index (χ0n) is 28.6. The number of nitrogens with zero attached hydrogens (tertiary/aromatic N) is 2. The van der Waals surface area contributed by atoms with Gasteiger partial charge in [-0.05, 0) is 81.4 Å². The Morgan fingerprint density at radius 2 is 1.00 bits per heavy atom. The molecular formula is C50H30N2O. The smallest absolute Gasteiger partial charge is 0.138 e. The van der Waals surface area contributed by atoms with Gasteiger partial charge in [0.25, 0.3) is 0 Å². The van der Waals surface area contributed by atoms with Crippen molar-refractivity contribution in [3.8, 4) is 45.1 Å². The van der Waals surface area contributed by atoms with Crippen molar-refractivity contribution < 1.29 is 4.74 Å². The highest BCUT2D eigenvalue weighted by Crippen LogP contribution is 2.51. The third-order valence-electron chi connectivity index (χ3n) is 11.3. The van der Waals surface area contributed by atoms with Crippen molar-refractivity contribution in [2.45, 2.75) is 0 Å². The maximum Gasteiger partial charge on any atom is 0.138 e. The fourth-order valence-electron chi connectivity index (χ4n) is 8.94. The second kappa shape index (κ2) is 10.7. The van der Waals surface area contributed by atoms with E-state index in [1.54, 1.807) is 0 Å². The maximum absolute atomic E-state index is 7.03. The van der Waals surface area contributed by atoms with Crippen LogP contribution in [0.25, 0.3) is 98.8 Å². The standard InChI is InChI=1S/C50H30N2O/c1-2-11-31(12-3-1)34-22-26-45-42(28-34)37-15-6-8-19-43(37)51(45)36-24-25-38-39-17-10-18-41-49-40-16-7-9-20-44(40)52(35-23-21-32-13-4-5-14-33(32)27-35)46(49)30-48(50(39)41)53-47(38)29-36/h1-30H. The van der Waals surface area contributed by atoms with E-state index in [0.717, 1.165) is 39.3 Å². The van der Waals surface area contributed by atoms with Gasteiger partial charge in [0.05, 0.1) is 22.1 Å². The number of ether oxygens (including phenoxy) is 1. The number of benzene rings is 9. The van der Waals surface area contributed by atoms with Crippen molar-refractivity contribution in [1.82, 2.24) is 9.13 Å². The molecule has 0 radical (unpaired) electrons. The summed E-state index contributed by atoms with van der Waals surface area (Å²) in [5.74, 6) is 1.74. The normalized spacial score (nSPS) is 12.3. The van der Waals surface area contributed by atoms with E-state index in [1.807, 2.05) is 0 Å². The third-order valence-corrected chi connectivity index (χ3v) is 11.3. The highest BCUT2D eigenvalue weighted by atomic mass is 16.5. The molecule has 9 aromatic carbocycles. The monoisotopic (exact) mass is 674 g/mol. The molecule has 0 spiro atoms. The van der Waals surface area contributed by atoms with Gasteiger partial charge in [-0.25, -0.2) is 0 Å². The summed E-state index contributed by atoms with van der Waals surface area (Å²) in [5.41, 5.74) is 11.6. The Morgan fingerprint density at radius 3 is 1.89 bits per heavy atom. The first kappa shape index (κ1) is 28.6. The van der Waals surface area contributed by atoms with Gasteiger partial charge in [0.15, 0.2) is 0 Å². The molecule has 1 aliphatic rings. The lowest BCUT2D eigenvalue weighted by atomic mass is 9.92. The lowest BCUT2D eigenvalue weighted by Gasteiger charge is -2.23. The lowest BCUT2D eigenvalue weighted by Crippen LogP contribution is -2.01. The molecule has 11 aromatic rings. The van der Waals surface area contributed by atoms with Crippen LogP contribution >= 0.6 is 0 Å². The Bertz CT molecular complexity index is 3310. The highest BCUT2D eigenvalue weighted by Gasteiger charge is 2.25. The quantitative estimate of drug-likeness (QED) is 0.183. The van der Waals surface area contributed by atoms with E-state index in [2.05, 4.69) is 191 Å². The predicted molar refractivity (Wildman–Crippen MR) is 221 cm³/mol. The Balaban J connectivity index is 1.07. The zero-order chi connectivity index (χ0) is 34.6. The lowest BCUT2D eigenvalue weighted by molar-refractivity contribution is 0.487. The fraction of sp³-hybridized carbons (Fsp3) is 0. The number of rotatable bonds is 3. The van der Waals surface area contributed by atoms with Gasteiger partial charge in [-0.3, -0.25) is 0 Å². The van der Waals surface area contributed by atoms with E-state index in [1.165, 1.54) is 70.9 Å². The van der Waals surface area contributed by atoms with Crippen LogP contribution in [0.5, 0.6) is 11.5 Å². The molecule has 0 aliphatic carbocycles. The van der Waals surface area contributed by atoms with Gasteiger partial charge in [-0.15, -0.1) is 0 Å². The van der Waals surface area contributed by atoms with Crippen LogP contribution in [-0.2, 0) is 0 Å². The average Bonchev–Trinajstić information content (AvgIpc) is 3.73. The Hall–Kier alpha value is -7.10. The van der Waals surface area contributed by atoms with Crippen molar-refractivity contribution in [3.05, 3.63) is 182 Å². The van der Waals surface area contributed by atoms with Crippen molar-refractivity contribution in [1.29, 1.82) is 0 Å². The van der Waals surface area contributed by atoms with Gasteiger partial charge >= 0.3 is 0 Å². The van der Waals surface area contributed by atoms with Crippen LogP contribution in [0.1, 0.15) is 0 Å². The van der Waals surface area contributed by atoms with Gasteiger partial charge in [-0.1, -0.05) is 121 Å². The fourth-order valence-corrected chi connectivity index (χ4v) is 8.94. The molecule has 0 unspecified atom stereocenters. The maximum atomic E-state index is 7.03. The minimum absolute atomic E-state index is 0.863. The van der Waals surface area contributed by atoms with Crippen molar-refractivity contribution in [2.24, 2.45) is 0 Å². The molecule has 0 atom stereocenters. The Morgan fingerprint density at radius 1 is 0.321 bits per heavy atom. The summed E-state index contributed by atoms with van der Waals surface area (Å²) < 4.78 is 11.8. The molecule has 53 heavy (non-hydrogen) atoms. The highest BCUT2D eigenvalue weighted by molar-refractivity contribution is 6.25. The van der Waals surface area contributed by atoms with Gasteiger partial charge in [0.2, 0.25) is 0 Å². The van der Waals surface area contributed by atoms with Gasteiger partial charge in [0.1, 0.15) is 11.5 Å². The summed E-state index contributed by atoms with van der Waals surface area (Å²) in [6, 6.07) is 65.9. The summed E-state index contributed by atoms with van der Waals surface area (Å²) in [7, 11) is 0. The van der Waals surface area contributed by atoms with Crippen LogP contribution in [0, 0.1) is 0 Å². The van der Waals surface area contributed by atoms with Gasteiger partial charge < -0.3 is 13.9 Å². The van der Waals surface area contributed by atoms with E-state index in [4.69, 9.17) is 4.74 Å². The number of hydrogen-bond donors (Lipinski definition) is 0. The first-order valence-corrected chi connectivity index (χ1v) is 18.2. The van der Waals surface area contributed by atoms with Crippen LogP contribution in [0.4, 0.5) is 0 Å². The number of fused-ring (bicyclic) bond motifs is 10. The number of hydrogen-bond acceptors (Lipinski definition) is 1. The molecule has 3 heterocycles. The van der Waals surface area contributed by atoms with E-state index < -0.39 is 0 Å². The molecule has 246 valence electrons. The Kier molecular flexibility index (Phi) is 5.77. The van der Waals surface area contributed by atoms with E-state index in [-0.39, 0.29) is 0 Å². The molecule has 0 N–H and O–H groups in total. The molecule has 2 aromatic heterocycles. The van der Waals surface area contributed by atoms with Crippen LogP contribution in [0.15, 0.2) is 182 Å².